The molecule has 0 heterocycles. The van der Waals surface area contributed by atoms with E-state index in [0.717, 1.165) is 13.0 Å². The first kappa shape index (κ1) is 16.2. The quantitative estimate of drug-likeness (QED) is 0.276. The van der Waals surface area contributed by atoms with Crippen LogP contribution in [0.25, 0.3) is 0 Å². The lowest BCUT2D eigenvalue weighted by molar-refractivity contribution is -0.144. The molecule has 17 heavy (non-hydrogen) atoms. The number of esters is 1. The van der Waals surface area contributed by atoms with E-state index in [0.29, 0.717) is 5.57 Å². The molecule has 1 unspecified atom stereocenters. The zero-order chi connectivity index (χ0) is 13.1. The van der Waals surface area contributed by atoms with Gasteiger partial charge in [-0.3, -0.25) is 5.32 Å². The van der Waals surface area contributed by atoms with Crippen LogP contribution in [0.15, 0.2) is 12.2 Å². The van der Waals surface area contributed by atoms with Gasteiger partial charge in [0, 0.05) is 5.57 Å². The molecule has 0 aliphatic rings. The molecule has 0 saturated carbocycles. The third kappa shape index (κ3) is 10.1. The van der Waals surface area contributed by atoms with Gasteiger partial charge >= 0.3 is 5.97 Å². The predicted molar refractivity (Wildman–Crippen MR) is 71.7 cm³/mol. The van der Waals surface area contributed by atoms with Crippen LogP contribution in [0, 0.1) is 0 Å². The topological polar surface area (TPSA) is 38.3 Å². The number of unbranched alkanes of at least 4 members (excludes halogenated alkanes) is 5. The maximum atomic E-state index is 11.2. The van der Waals surface area contributed by atoms with Gasteiger partial charge in [0.15, 0.2) is 6.23 Å². The van der Waals surface area contributed by atoms with Gasteiger partial charge in [-0.05, 0) is 26.8 Å². The van der Waals surface area contributed by atoms with E-state index >= 15 is 0 Å². The highest BCUT2D eigenvalue weighted by molar-refractivity contribution is 5.87. The van der Waals surface area contributed by atoms with Crippen LogP contribution >= 0.6 is 0 Å². The average molecular weight is 241 g/mol. The van der Waals surface area contributed by atoms with Crippen molar-refractivity contribution in [2.45, 2.75) is 65.5 Å². The third-order valence-electron chi connectivity index (χ3n) is 2.59. The van der Waals surface area contributed by atoms with Gasteiger partial charge in [-0.15, -0.1) is 0 Å². The molecule has 0 aromatic rings. The summed E-state index contributed by atoms with van der Waals surface area (Å²) in [7, 11) is 0. The third-order valence-corrected chi connectivity index (χ3v) is 2.59. The Kier molecular flexibility index (Phi) is 9.83. The Morgan fingerprint density at radius 1 is 1.24 bits per heavy atom. The van der Waals surface area contributed by atoms with Crippen LogP contribution in [-0.2, 0) is 9.53 Å². The van der Waals surface area contributed by atoms with Crippen LogP contribution < -0.4 is 5.32 Å². The molecule has 0 aromatic heterocycles. The minimum atomic E-state index is -0.326. The Bertz CT molecular complexity index is 226. The molecule has 0 spiro atoms. The van der Waals surface area contributed by atoms with Crippen molar-refractivity contribution in [3.8, 4) is 0 Å². The largest absolute Gasteiger partial charge is 0.444 e. The summed E-state index contributed by atoms with van der Waals surface area (Å²) in [6.07, 6.45) is 7.40. The molecule has 100 valence electrons. The second-order valence-electron chi connectivity index (χ2n) is 4.55. The van der Waals surface area contributed by atoms with E-state index in [9.17, 15) is 4.79 Å². The van der Waals surface area contributed by atoms with E-state index in [2.05, 4.69) is 18.8 Å². The van der Waals surface area contributed by atoms with Crippen molar-refractivity contribution in [2.24, 2.45) is 0 Å². The molecule has 0 aromatic carbocycles. The van der Waals surface area contributed by atoms with Gasteiger partial charge in [-0.2, -0.15) is 0 Å². The molecule has 3 nitrogen and oxygen atoms in total. The summed E-state index contributed by atoms with van der Waals surface area (Å²) in [5.41, 5.74) is 0.443. The first-order valence-electron chi connectivity index (χ1n) is 6.67. The number of carbonyl (C=O) groups is 1. The van der Waals surface area contributed by atoms with Crippen LogP contribution in [0.2, 0.25) is 0 Å². The molecule has 1 atom stereocenters. The molecule has 3 heteroatoms. The standard InChI is InChI=1S/C14H27NO2/c1-5-6-7-8-9-10-11-15-13(4)17-14(16)12(2)3/h13,15H,2,5-11H2,1,3-4H3. The number of carbonyl (C=O) groups excluding carboxylic acids is 1. The monoisotopic (exact) mass is 241 g/mol. The Morgan fingerprint density at radius 2 is 1.82 bits per heavy atom. The van der Waals surface area contributed by atoms with Gasteiger partial charge < -0.3 is 4.74 Å². The zero-order valence-corrected chi connectivity index (χ0v) is 11.6. The predicted octanol–water partition coefficient (Wildman–Crippen LogP) is 3.40. The average Bonchev–Trinajstić information content (AvgIpc) is 2.27. The number of hydrogen-bond donors (Lipinski definition) is 1. The number of rotatable bonds is 10. The minimum absolute atomic E-state index is 0.227. The highest BCUT2D eigenvalue weighted by Gasteiger charge is 2.08. The minimum Gasteiger partial charge on any atom is -0.444 e. The smallest absolute Gasteiger partial charge is 0.334 e. The molecular weight excluding hydrogens is 214 g/mol. The summed E-state index contributed by atoms with van der Waals surface area (Å²) in [4.78, 5) is 11.2. The first-order chi connectivity index (χ1) is 8.07. The molecule has 0 radical (unpaired) electrons. The van der Waals surface area contributed by atoms with E-state index in [1.807, 2.05) is 6.92 Å². The lowest BCUT2D eigenvalue weighted by atomic mass is 10.1. The van der Waals surface area contributed by atoms with Gasteiger partial charge in [-0.1, -0.05) is 45.6 Å². The van der Waals surface area contributed by atoms with Crippen molar-refractivity contribution in [3.05, 3.63) is 12.2 Å². The SMILES string of the molecule is C=C(C)C(=O)OC(C)NCCCCCCCC. The zero-order valence-electron chi connectivity index (χ0n) is 11.6. The summed E-state index contributed by atoms with van der Waals surface area (Å²) >= 11 is 0. The van der Waals surface area contributed by atoms with E-state index in [4.69, 9.17) is 4.74 Å². The number of hydrogen-bond acceptors (Lipinski definition) is 3. The molecular formula is C14H27NO2. The number of ether oxygens (including phenoxy) is 1. The lowest BCUT2D eigenvalue weighted by Crippen LogP contribution is -2.31. The number of nitrogens with one attached hydrogen (secondary N) is 1. The summed E-state index contributed by atoms with van der Waals surface area (Å²) in [5.74, 6) is -0.326. The second kappa shape index (κ2) is 10.3. The van der Waals surface area contributed by atoms with E-state index in [-0.39, 0.29) is 12.2 Å². The maximum absolute atomic E-state index is 11.2. The molecule has 0 bridgehead atoms. The molecule has 1 N–H and O–H groups in total. The van der Waals surface area contributed by atoms with Crippen molar-refractivity contribution < 1.29 is 9.53 Å². The first-order valence-corrected chi connectivity index (χ1v) is 6.67. The van der Waals surface area contributed by atoms with Crippen molar-refractivity contribution in [1.29, 1.82) is 0 Å². The molecule has 0 aliphatic heterocycles. The molecule has 0 saturated heterocycles. The van der Waals surface area contributed by atoms with Crippen LogP contribution in [-0.4, -0.2) is 18.7 Å². The Labute approximate surface area is 106 Å². The molecule has 0 amide bonds. The summed E-state index contributed by atoms with van der Waals surface area (Å²) < 4.78 is 5.11. The molecule has 0 fully saturated rings. The van der Waals surface area contributed by atoms with Crippen molar-refractivity contribution in [1.82, 2.24) is 5.32 Å². The van der Waals surface area contributed by atoms with Crippen LogP contribution in [0.4, 0.5) is 0 Å². The summed E-state index contributed by atoms with van der Waals surface area (Å²) in [6.45, 7) is 10.2. The summed E-state index contributed by atoms with van der Waals surface area (Å²) in [5, 5.41) is 3.18. The van der Waals surface area contributed by atoms with E-state index < -0.39 is 0 Å². The summed E-state index contributed by atoms with van der Waals surface area (Å²) in [6, 6.07) is 0. The van der Waals surface area contributed by atoms with Crippen molar-refractivity contribution >= 4 is 5.97 Å². The van der Waals surface area contributed by atoms with Crippen LogP contribution in [0.3, 0.4) is 0 Å². The normalized spacial score (nSPS) is 12.2. The maximum Gasteiger partial charge on any atom is 0.334 e. The highest BCUT2D eigenvalue weighted by atomic mass is 16.6. The van der Waals surface area contributed by atoms with E-state index in [1.54, 1.807) is 6.92 Å². The van der Waals surface area contributed by atoms with E-state index in [1.165, 1.54) is 32.1 Å². The lowest BCUT2D eigenvalue weighted by Gasteiger charge is -2.14. The Hall–Kier alpha value is -0.830. The van der Waals surface area contributed by atoms with Gasteiger partial charge in [0.25, 0.3) is 0 Å². The fourth-order valence-corrected chi connectivity index (χ4v) is 1.51. The van der Waals surface area contributed by atoms with Gasteiger partial charge in [0.1, 0.15) is 0 Å². The Balaban J connectivity index is 3.36. The fraction of sp³-hybridized carbons (Fsp3) is 0.786. The van der Waals surface area contributed by atoms with Crippen molar-refractivity contribution in [2.75, 3.05) is 6.54 Å². The van der Waals surface area contributed by atoms with Gasteiger partial charge in [-0.25, -0.2) is 4.79 Å². The van der Waals surface area contributed by atoms with Crippen LogP contribution in [0.5, 0.6) is 0 Å². The Morgan fingerprint density at radius 3 is 2.41 bits per heavy atom. The fourth-order valence-electron chi connectivity index (χ4n) is 1.51. The van der Waals surface area contributed by atoms with Crippen molar-refractivity contribution in [3.63, 3.8) is 0 Å². The van der Waals surface area contributed by atoms with Crippen LogP contribution in [0.1, 0.15) is 59.3 Å². The van der Waals surface area contributed by atoms with Gasteiger partial charge in [0.2, 0.25) is 0 Å². The molecule has 0 rings (SSSR count). The second-order valence-corrected chi connectivity index (χ2v) is 4.55. The van der Waals surface area contributed by atoms with Gasteiger partial charge in [0.05, 0.1) is 0 Å². The molecule has 0 aliphatic carbocycles. The highest BCUT2D eigenvalue weighted by Crippen LogP contribution is 2.04.